The van der Waals surface area contributed by atoms with Crippen LogP contribution >= 0.6 is 0 Å². The van der Waals surface area contributed by atoms with Crippen LogP contribution in [-0.2, 0) is 14.3 Å². The number of rotatable bonds is 11. The molecule has 2 saturated heterocycles. The number of allylic oxidation sites excluding steroid dienone is 4. The summed E-state index contributed by atoms with van der Waals surface area (Å²) in [6, 6.07) is 10.2. The normalized spacial score (nSPS) is 18.9. The molecule has 43 heavy (non-hydrogen) atoms. The summed E-state index contributed by atoms with van der Waals surface area (Å²) in [6.07, 6.45) is 10.4. The van der Waals surface area contributed by atoms with Gasteiger partial charge in [-0.3, -0.25) is 9.59 Å². The molecule has 6 rings (SSSR count). The molecule has 3 aromatic rings. The van der Waals surface area contributed by atoms with Gasteiger partial charge in [0.05, 0.1) is 19.2 Å². The van der Waals surface area contributed by atoms with Crippen molar-refractivity contribution in [3.05, 3.63) is 60.5 Å². The summed E-state index contributed by atoms with van der Waals surface area (Å²) >= 11 is 0. The molecule has 0 amide bonds. The van der Waals surface area contributed by atoms with Crippen molar-refractivity contribution in [3.63, 3.8) is 0 Å². The highest BCUT2D eigenvalue weighted by atomic mass is 16.5. The van der Waals surface area contributed by atoms with Gasteiger partial charge in [0.2, 0.25) is 0 Å². The third-order valence-electron chi connectivity index (χ3n) is 8.34. The molecule has 0 saturated carbocycles. The summed E-state index contributed by atoms with van der Waals surface area (Å²) in [5.41, 5.74) is 3.39. The average molecular weight is 584 g/mol. The van der Waals surface area contributed by atoms with Crippen LogP contribution in [0.1, 0.15) is 31.2 Å². The van der Waals surface area contributed by atoms with Crippen molar-refractivity contribution in [2.75, 3.05) is 63.8 Å². The van der Waals surface area contributed by atoms with Gasteiger partial charge in [-0.25, -0.2) is 9.97 Å². The van der Waals surface area contributed by atoms with Crippen LogP contribution in [0.3, 0.4) is 0 Å². The van der Waals surface area contributed by atoms with Crippen LogP contribution in [0, 0.1) is 0 Å². The first-order valence-corrected chi connectivity index (χ1v) is 14.9. The topological polar surface area (TPSA) is 106 Å². The monoisotopic (exact) mass is 583 g/mol. The van der Waals surface area contributed by atoms with Crippen LogP contribution in [-0.4, -0.2) is 86.1 Å². The van der Waals surface area contributed by atoms with E-state index in [0.717, 1.165) is 50.1 Å². The number of methoxy groups -OCH3 is 2. The summed E-state index contributed by atoms with van der Waals surface area (Å²) in [7, 11) is 3.20. The van der Waals surface area contributed by atoms with Crippen LogP contribution in [0.2, 0.25) is 0 Å². The van der Waals surface area contributed by atoms with Gasteiger partial charge < -0.3 is 29.3 Å². The standard InChI is InChI=1S/C33H37N5O5/c1-41-14-15-43-32-19-29-27(18-31(32)42-2)33(35-21-34-29)36-28-9-7-22(16-25(28)26-17-24(39)8-10-30(26)40)38-13-5-6-23(38)20-37-11-3-4-12-37/h7-10,16-19,21,23H,3-6,11-15,20H2,1-2H3,(H,34,35,36)/t23-/m0/s1. The van der Waals surface area contributed by atoms with Crippen molar-refractivity contribution in [1.29, 1.82) is 0 Å². The molecule has 10 heteroatoms. The van der Waals surface area contributed by atoms with Crippen LogP contribution in [0.25, 0.3) is 16.5 Å². The fourth-order valence-corrected chi connectivity index (χ4v) is 6.19. The maximum absolute atomic E-state index is 13.1. The Labute approximate surface area is 251 Å². The molecule has 10 nitrogen and oxygen atoms in total. The van der Waals surface area contributed by atoms with E-state index in [1.807, 2.05) is 24.3 Å². The summed E-state index contributed by atoms with van der Waals surface area (Å²) in [6.45, 7) is 5.14. The largest absolute Gasteiger partial charge is 0.493 e. The number of hydrogen-bond donors (Lipinski definition) is 1. The SMILES string of the molecule is COCCOc1cc2ncnc(Nc3ccc(N4CCC[C@H]4CN4CCCC4)cc3C3=CC(=O)C=CC3=O)c2cc1OC. The van der Waals surface area contributed by atoms with Crippen molar-refractivity contribution in [1.82, 2.24) is 14.9 Å². The number of carbonyl (C=O) groups excluding carboxylic acids is 2. The molecule has 0 spiro atoms. The van der Waals surface area contributed by atoms with Gasteiger partial charge in [-0.05, 0) is 81.3 Å². The lowest BCUT2D eigenvalue weighted by Crippen LogP contribution is -2.39. The molecule has 0 unspecified atom stereocenters. The Bertz CT molecular complexity index is 1580. The van der Waals surface area contributed by atoms with Gasteiger partial charge in [0, 0.05) is 60.2 Å². The molecule has 0 radical (unpaired) electrons. The second-order valence-corrected chi connectivity index (χ2v) is 11.1. The fraction of sp³-hybridized carbons (Fsp3) is 0.394. The lowest BCUT2D eigenvalue weighted by atomic mass is 9.94. The van der Waals surface area contributed by atoms with E-state index in [-0.39, 0.29) is 11.6 Å². The number of nitrogens with zero attached hydrogens (tertiary/aromatic N) is 4. The van der Waals surface area contributed by atoms with Crippen LogP contribution in [0.15, 0.2) is 54.9 Å². The van der Waals surface area contributed by atoms with Crippen LogP contribution in [0.5, 0.6) is 11.5 Å². The van der Waals surface area contributed by atoms with E-state index in [9.17, 15) is 9.59 Å². The van der Waals surface area contributed by atoms with E-state index in [4.69, 9.17) is 14.2 Å². The number of likely N-dealkylation sites (tertiary alicyclic amines) is 1. The van der Waals surface area contributed by atoms with Crippen LogP contribution in [0.4, 0.5) is 17.2 Å². The molecule has 2 fully saturated rings. The lowest BCUT2D eigenvalue weighted by Gasteiger charge is -2.31. The lowest BCUT2D eigenvalue weighted by molar-refractivity contribution is -0.113. The number of fused-ring (bicyclic) bond motifs is 1. The minimum Gasteiger partial charge on any atom is -0.493 e. The summed E-state index contributed by atoms with van der Waals surface area (Å²) in [4.78, 5) is 39.5. The molecule has 0 bridgehead atoms. The number of ether oxygens (including phenoxy) is 3. The zero-order valence-electron chi connectivity index (χ0n) is 24.7. The molecule has 2 aliphatic heterocycles. The Morgan fingerprint density at radius 2 is 1.81 bits per heavy atom. The Hall–Kier alpha value is -4.28. The first-order valence-electron chi connectivity index (χ1n) is 14.9. The predicted molar refractivity (Wildman–Crippen MR) is 166 cm³/mol. The van der Waals surface area contributed by atoms with Gasteiger partial charge in [0.15, 0.2) is 23.1 Å². The zero-order chi connectivity index (χ0) is 29.8. The molecule has 3 aliphatic rings. The van der Waals surface area contributed by atoms with Crippen molar-refractivity contribution in [2.24, 2.45) is 0 Å². The van der Waals surface area contributed by atoms with Crippen molar-refractivity contribution in [2.45, 2.75) is 31.7 Å². The number of aromatic nitrogens is 2. The number of hydrogen-bond acceptors (Lipinski definition) is 10. The molecule has 224 valence electrons. The van der Waals surface area contributed by atoms with E-state index in [0.29, 0.717) is 58.9 Å². The van der Waals surface area contributed by atoms with Gasteiger partial charge in [-0.2, -0.15) is 0 Å². The third kappa shape index (κ3) is 6.25. The quantitative estimate of drug-likeness (QED) is 0.255. The number of ketones is 2. The highest BCUT2D eigenvalue weighted by Crippen LogP contribution is 2.38. The second-order valence-electron chi connectivity index (χ2n) is 11.1. The minimum absolute atomic E-state index is 0.207. The van der Waals surface area contributed by atoms with Gasteiger partial charge in [0.25, 0.3) is 0 Å². The molecule has 1 aliphatic carbocycles. The summed E-state index contributed by atoms with van der Waals surface area (Å²) in [5.74, 6) is 1.22. The first-order chi connectivity index (χ1) is 21.0. The Morgan fingerprint density at radius 3 is 2.63 bits per heavy atom. The fourth-order valence-electron chi connectivity index (χ4n) is 6.19. The smallest absolute Gasteiger partial charge is 0.186 e. The molecule has 1 N–H and O–H groups in total. The van der Waals surface area contributed by atoms with Crippen molar-refractivity contribution < 1.29 is 23.8 Å². The number of benzene rings is 2. The van der Waals surface area contributed by atoms with Gasteiger partial charge in [-0.15, -0.1) is 0 Å². The predicted octanol–water partition coefficient (Wildman–Crippen LogP) is 4.56. The molecular weight excluding hydrogens is 546 g/mol. The zero-order valence-corrected chi connectivity index (χ0v) is 24.7. The second kappa shape index (κ2) is 12.9. The van der Waals surface area contributed by atoms with E-state index in [1.54, 1.807) is 14.2 Å². The first kappa shape index (κ1) is 28.8. The van der Waals surface area contributed by atoms with E-state index < -0.39 is 0 Å². The minimum atomic E-state index is -0.211. The Balaban J connectivity index is 1.37. The highest BCUT2D eigenvalue weighted by molar-refractivity contribution is 6.34. The molecule has 1 atom stereocenters. The number of carbonyl (C=O) groups is 2. The Morgan fingerprint density at radius 1 is 0.953 bits per heavy atom. The van der Waals surface area contributed by atoms with Crippen LogP contribution < -0.4 is 19.7 Å². The van der Waals surface area contributed by atoms with E-state index >= 15 is 0 Å². The molecule has 3 heterocycles. The summed E-state index contributed by atoms with van der Waals surface area (Å²) in [5, 5.41) is 4.16. The molecule has 2 aromatic carbocycles. The van der Waals surface area contributed by atoms with Crippen molar-refractivity contribution >= 4 is 45.2 Å². The van der Waals surface area contributed by atoms with Gasteiger partial charge in [0.1, 0.15) is 18.8 Å². The summed E-state index contributed by atoms with van der Waals surface area (Å²) < 4.78 is 16.6. The van der Waals surface area contributed by atoms with Gasteiger partial charge >= 0.3 is 0 Å². The average Bonchev–Trinajstić information content (AvgIpc) is 3.71. The maximum Gasteiger partial charge on any atom is 0.186 e. The maximum atomic E-state index is 13.1. The molecule has 1 aromatic heterocycles. The molecular formula is C33H37N5O5. The van der Waals surface area contributed by atoms with Gasteiger partial charge in [-0.1, -0.05) is 0 Å². The highest BCUT2D eigenvalue weighted by Gasteiger charge is 2.29. The van der Waals surface area contributed by atoms with E-state index in [1.165, 1.54) is 37.4 Å². The number of nitrogens with one attached hydrogen (secondary N) is 1. The number of anilines is 3. The van der Waals surface area contributed by atoms with E-state index in [2.05, 4.69) is 31.2 Å². The Kier molecular flexibility index (Phi) is 8.67. The third-order valence-corrected chi connectivity index (χ3v) is 8.34. The van der Waals surface area contributed by atoms with Crippen molar-refractivity contribution in [3.8, 4) is 11.5 Å².